The Kier molecular flexibility index (Phi) is 5.31. The van der Waals surface area contributed by atoms with E-state index in [4.69, 9.17) is 0 Å². The number of alkyl halides is 3. The number of aromatic nitrogens is 1. The van der Waals surface area contributed by atoms with E-state index >= 15 is 0 Å². The highest BCUT2D eigenvalue weighted by molar-refractivity contribution is 7.92. The van der Waals surface area contributed by atoms with Crippen LogP contribution >= 0.6 is 0 Å². The highest BCUT2D eigenvalue weighted by atomic mass is 32.2. The molecule has 0 N–H and O–H groups in total. The highest BCUT2D eigenvalue weighted by Crippen LogP contribution is 2.56. The molecule has 1 aliphatic carbocycles. The van der Waals surface area contributed by atoms with Crippen molar-refractivity contribution in [3.05, 3.63) is 48.3 Å². The number of hydrogen-bond donors (Lipinski definition) is 0. The van der Waals surface area contributed by atoms with Gasteiger partial charge >= 0.3 is 11.5 Å². The Labute approximate surface area is 189 Å². The lowest BCUT2D eigenvalue weighted by Gasteiger charge is -2.25. The molecule has 1 saturated heterocycles. The maximum atomic E-state index is 13.5. The first kappa shape index (κ1) is 23.2. The Morgan fingerprint density at radius 1 is 1.15 bits per heavy atom. The molecular formula is C22H22F3N3O4S. The minimum absolute atomic E-state index is 0.00608. The molecule has 7 nitrogen and oxygen atoms in total. The smallest absolute Gasteiger partial charge is 0.278 e. The fourth-order valence-corrected chi connectivity index (χ4v) is 5.11. The van der Waals surface area contributed by atoms with Crippen molar-refractivity contribution >= 4 is 33.2 Å². The van der Waals surface area contributed by atoms with Gasteiger partial charge in [-0.25, -0.2) is 18.1 Å². The maximum absolute atomic E-state index is 13.5. The minimum atomic E-state index is -5.54. The molecule has 1 aromatic carbocycles. The Hall–Kier alpha value is -2.95. The number of pyridine rings is 1. The summed E-state index contributed by atoms with van der Waals surface area (Å²) in [7, 11) is -5.54. The van der Waals surface area contributed by atoms with E-state index in [-0.39, 0.29) is 17.5 Å². The molecule has 1 aromatic heterocycles. The van der Waals surface area contributed by atoms with E-state index in [0.29, 0.717) is 18.5 Å². The van der Waals surface area contributed by atoms with E-state index in [0.717, 1.165) is 34.7 Å². The number of sulfone groups is 1. The molecule has 33 heavy (non-hydrogen) atoms. The number of urea groups is 1. The van der Waals surface area contributed by atoms with Crippen molar-refractivity contribution in [2.45, 2.75) is 49.6 Å². The second kappa shape index (κ2) is 7.54. The van der Waals surface area contributed by atoms with Crippen LogP contribution in [0.3, 0.4) is 0 Å². The molecule has 2 fully saturated rings. The van der Waals surface area contributed by atoms with Crippen molar-refractivity contribution in [1.29, 1.82) is 0 Å². The van der Waals surface area contributed by atoms with E-state index in [1.54, 1.807) is 12.3 Å². The average molecular weight is 481 g/mol. The molecule has 2 heterocycles. The van der Waals surface area contributed by atoms with Gasteiger partial charge in [0, 0.05) is 12.4 Å². The van der Waals surface area contributed by atoms with E-state index in [1.807, 2.05) is 20.8 Å². The minimum Gasteiger partial charge on any atom is -0.278 e. The molecule has 1 spiro atoms. The fraction of sp³-hybridized carbons (Fsp3) is 0.409. The van der Waals surface area contributed by atoms with E-state index < -0.39 is 37.7 Å². The van der Waals surface area contributed by atoms with Gasteiger partial charge in [0.15, 0.2) is 0 Å². The Morgan fingerprint density at radius 2 is 1.76 bits per heavy atom. The summed E-state index contributed by atoms with van der Waals surface area (Å²) in [5, 5.41) is 0. The lowest BCUT2D eigenvalue weighted by atomic mass is 10.0. The van der Waals surface area contributed by atoms with Crippen LogP contribution < -0.4 is 9.80 Å². The topological polar surface area (TPSA) is 87.7 Å². The van der Waals surface area contributed by atoms with Crippen molar-refractivity contribution in [1.82, 2.24) is 4.98 Å². The summed E-state index contributed by atoms with van der Waals surface area (Å²) in [6, 6.07) is 4.63. The van der Waals surface area contributed by atoms with Gasteiger partial charge in [0.1, 0.15) is 5.54 Å². The first-order valence-electron chi connectivity index (χ1n) is 10.4. The molecule has 2 atom stereocenters. The summed E-state index contributed by atoms with van der Waals surface area (Å²) in [4.78, 5) is 32.5. The van der Waals surface area contributed by atoms with Gasteiger partial charge in [0.05, 0.1) is 16.3 Å². The number of nitrogens with zero attached hydrogens (tertiary/aromatic N) is 3. The highest BCUT2D eigenvalue weighted by Gasteiger charge is 2.70. The van der Waals surface area contributed by atoms with Crippen LogP contribution in [0.5, 0.6) is 0 Å². The largest absolute Gasteiger partial charge is 0.501 e. The Bertz CT molecular complexity index is 1230. The van der Waals surface area contributed by atoms with Gasteiger partial charge in [-0.1, -0.05) is 20.8 Å². The van der Waals surface area contributed by atoms with Gasteiger partial charge in [-0.05, 0) is 60.6 Å². The molecule has 11 heteroatoms. The Morgan fingerprint density at radius 3 is 2.27 bits per heavy atom. The van der Waals surface area contributed by atoms with Gasteiger partial charge in [-0.2, -0.15) is 13.2 Å². The van der Waals surface area contributed by atoms with Crippen molar-refractivity contribution < 1.29 is 31.2 Å². The van der Waals surface area contributed by atoms with Crippen LogP contribution in [0.4, 0.5) is 29.3 Å². The van der Waals surface area contributed by atoms with Crippen molar-refractivity contribution in [2.24, 2.45) is 11.8 Å². The summed E-state index contributed by atoms with van der Waals surface area (Å²) in [5.74, 6) is -0.337. The SMILES string of the molecule is CC(C)Cc1cnccc1N1C(=O)N(c2ccc(S(=O)(=O)C(F)(F)F)cc2)C(=O)C12CC2C. The lowest BCUT2D eigenvalue weighted by molar-refractivity contribution is -0.119. The van der Waals surface area contributed by atoms with Gasteiger partial charge in [-0.15, -0.1) is 0 Å². The van der Waals surface area contributed by atoms with E-state index in [1.165, 1.54) is 11.1 Å². The van der Waals surface area contributed by atoms with Crippen LogP contribution in [0.15, 0.2) is 47.6 Å². The lowest BCUT2D eigenvalue weighted by Crippen LogP contribution is -2.39. The molecule has 2 aliphatic rings. The number of amides is 3. The number of hydrogen-bond acceptors (Lipinski definition) is 5. The zero-order valence-electron chi connectivity index (χ0n) is 18.1. The fourth-order valence-electron chi connectivity index (χ4n) is 4.35. The van der Waals surface area contributed by atoms with E-state index in [9.17, 15) is 31.2 Å². The van der Waals surface area contributed by atoms with Crippen molar-refractivity contribution in [3.63, 3.8) is 0 Å². The zero-order chi connectivity index (χ0) is 24.3. The molecule has 3 amide bonds. The maximum Gasteiger partial charge on any atom is 0.501 e. The van der Waals surface area contributed by atoms with Crippen LogP contribution in [0.2, 0.25) is 0 Å². The molecule has 2 unspecified atom stereocenters. The second-order valence-electron chi connectivity index (χ2n) is 8.83. The quantitative estimate of drug-likeness (QED) is 0.594. The van der Waals surface area contributed by atoms with Gasteiger partial charge in [0.2, 0.25) is 0 Å². The number of carbonyl (C=O) groups excluding carboxylic acids is 2. The number of benzene rings is 1. The number of halogens is 3. The molecular weight excluding hydrogens is 459 g/mol. The summed E-state index contributed by atoms with van der Waals surface area (Å²) >= 11 is 0. The summed E-state index contributed by atoms with van der Waals surface area (Å²) in [6.45, 7) is 5.89. The average Bonchev–Trinajstić information content (AvgIpc) is 3.34. The summed E-state index contributed by atoms with van der Waals surface area (Å²) in [6.07, 6.45) is 4.28. The Balaban J connectivity index is 1.75. The zero-order valence-corrected chi connectivity index (χ0v) is 18.9. The molecule has 1 saturated carbocycles. The molecule has 0 bridgehead atoms. The third kappa shape index (κ3) is 3.49. The van der Waals surface area contributed by atoms with Gasteiger partial charge in [0.25, 0.3) is 15.7 Å². The number of imide groups is 1. The number of rotatable bonds is 5. The van der Waals surface area contributed by atoms with Crippen LogP contribution in [0.25, 0.3) is 0 Å². The second-order valence-corrected chi connectivity index (χ2v) is 10.8. The van der Waals surface area contributed by atoms with Crippen LogP contribution in [0.1, 0.15) is 32.8 Å². The summed E-state index contributed by atoms with van der Waals surface area (Å²) in [5.41, 5.74) is -5.15. The normalized spacial score (nSPS) is 23.2. The van der Waals surface area contributed by atoms with E-state index in [2.05, 4.69) is 4.98 Å². The summed E-state index contributed by atoms with van der Waals surface area (Å²) < 4.78 is 61.8. The molecule has 1 aliphatic heterocycles. The first-order chi connectivity index (χ1) is 15.3. The monoisotopic (exact) mass is 481 g/mol. The molecule has 2 aromatic rings. The number of carbonyl (C=O) groups is 2. The first-order valence-corrected chi connectivity index (χ1v) is 11.8. The third-order valence-corrected chi connectivity index (χ3v) is 7.59. The van der Waals surface area contributed by atoms with Crippen LogP contribution in [0, 0.1) is 11.8 Å². The molecule has 0 radical (unpaired) electrons. The molecule has 4 rings (SSSR count). The van der Waals surface area contributed by atoms with Gasteiger partial charge in [-0.3, -0.25) is 14.7 Å². The standard InChI is InChI=1S/C22H22F3N3O4S/c1-13(2)10-15-12-26-9-8-18(15)28-20(30)27(19(29)21(28)11-14(21)3)16-4-6-17(7-5-16)33(31,32)22(23,24)25/h4-9,12-14H,10-11H2,1-3H3. The van der Waals surface area contributed by atoms with Crippen molar-refractivity contribution in [2.75, 3.05) is 9.80 Å². The van der Waals surface area contributed by atoms with Gasteiger partial charge < -0.3 is 0 Å². The van der Waals surface area contributed by atoms with Crippen LogP contribution in [-0.2, 0) is 21.1 Å². The third-order valence-electron chi connectivity index (χ3n) is 6.08. The predicted octanol–water partition coefficient (Wildman–Crippen LogP) is 4.33. The predicted molar refractivity (Wildman–Crippen MR) is 114 cm³/mol. The van der Waals surface area contributed by atoms with Crippen LogP contribution in [-0.4, -0.2) is 36.4 Å². The van der Waals surface area contributed by atoms with Crippen molar-refractivity contribution in [3.8, 4) is 0 Å². The molecule has 176 valence electrons. The number of anilines is 2.